The fraction of sp³-hybridized carbons (Fsp3) is 0.100. The number of aromatic nitrogens is 2. The van der Waals surface area contributed by atoms with Crippen LogP contribution in [0.15, 0.2) is 36.7 Å². The molecule has 5 heteroatoms. The van der Waals surface area contributed by atoms with Gasteiger partial charge in [0.25, 0.3) is 0 Å². The zero-order valence-corrected chi connectivity index (χ0v) is 8.70. The van der Waals surface area contributed by atoms with Crippen LogP contribution < -0.4 is 5.32 Å². The molecule has 0 saturated carbocycles. The summed E-state index contributed by atoms with van der Waals surface area (Å²) in [6, 6.07) is 9.58. The Balaban J connectivity index is 1.94. The maximum atomic E-state index is 11.5. The molecule has 0 aliphatic carbocycles. The first-order valence-corrected chi connectivity index (χ1v) is 5.22. The molecule has 1 aromatic carbocycles. The van der Waals surface area contributed by atoms with E-state index in [1.54, 1.807) is 0 Å². The molecule has 0 aliphatic heterocycles. The number of carbonyl (C=O) groups is 1. The zero-order valence-electron chi connectivity index (χ0n) is 7.88. The number of hydrogen-bond acceptors (Lipinski definition) is 4. The Morgan fingerprint density at radius 2 is 2.13 bits per heavy atom. The van der Waals surface area contributed by atoms with Crippen LogP contribution in [0.3, 0.4) is 0 Å². The number of carbonyl (C=O) groups excluding carboxylic acids is 1. The largest absolute Gasteiger partial charge is 0.300 e. The van der Waals surface area contributed by atoms with Crippen LogP contribution in [0.2, 0.25) is 0 Å². The smallest absolute Gasteiger partial charge is 0.230 e. The maximum absolute atomic E-state index is 11.5. The van der Waals surface area contributed by atoms with E-state index in [1.165, 1.54) is 17.9 Å². The van der Waals surface area contributed by atoms with Crippen LogP contribution >= 0.6 is 11.5 Å². The van der Waals surface area contributed by atoms with E-state index >= 15 is 0 Å². The molecule has 76 valence electrons. The van der Waals surface area contributed by atoms with Crippen molar-refractivity contribution < 1.29 is 4.79 Å². The van der Waals surface area contributed by atoms with Crippen LogP contribution in [0.1, 0.15) is 5.56 Å². The highest BCUT2D eigenvalue weighted by Gasteiger charge is 2.04. The third kappa shape index (κ3) is 2.85. The summed E-state index contributed by atoms with van der Waals surface area (Å²) in [5, 5.41) is 3.21. The van der Waals surface area contributed by atoms with Crippen molar-refractivity contribution in [1.82, 2.24) is 9.36 Å². The van der Waals surface area contributed by atoms with E-state index in [9.17, 15) is 4.79 Å². The molecular weight excluding hydrogens is 210 g/mol. The molecule has 0 spiro atoms. The molecule has 1 N–H and O–H groups in total. The third-order valence-electron chi connectivity index (χ3n) is 1.82. The van der Waals surface area contributed by atoms with Crippen molar-refractivity contribution in [2.75, 3.05) is 5.32 Å². The van der Waals surface area contributed by atoms with E-state index in [-0.39, 0.29) is 5.91 Å². The van der Waals surface area contributed by atoms with Crippen LogP contribution in [0.25, 0.3) is 0 Å². The molecule has 0 atom stereocenters. The molecule has 0 aliphatic rings. The first kappa shape index (κ1) is 9.79. The summed E-state index contributed by atoms with van der Waals surface area (Å²) in [5.41, 5.74) is 0.986. The van der Waals surface area contributed by atoms with Crippen molar-refractivity contribution in [3.05, 3.63) is 42.2 Å². The number of amides is 1. The van der Waals surface area contributed by atoms with Gasteiger partial charge >= 0.3 is 0 Å². The first-order chi connectivity index (χ1) is 7.34. The lowest BCUT2D eigenvalue weighted by Crippen LogP contribution is -2.13. The second-order valence-electron chi connectivity index (χ2n) is 2.96. The Hall–Kier alpha value is -1.75. The van der Waals surface area contributed by atoms with Crippen molar-refractivity contribution in [1.29, 1.82) is 0 Å². The highest BCUT2D eigenvalue weighted by molar-refractivity contribution is 7.09. The molecule has 0 unspecified atom stereocenters. The predicted octanol–water partition coefficient (Wildman–Crippen LogP) is 1.72. The second kappa shape index (κ2) is 4.65. The Morgan fingerprint density at radius 3 is 2.80 bits per heavy atom. The molecule has 15 heavy (non-hydrogen) atoms. The molecule has 2 aromatic rings. The summed E-state index contributed by atoms with van der Waals surface area (Å²) in [4.78, 5) is 15.4. The SMILES string of the molecule is O=C(Cc1ccccc1)Nc1ncns1. The third-order valence-corrected chi connectivity index (χ3v) is 2.40. The molecule has 4 nitrogen and oxygen atoms in total. The molecule has 1 heterocycles. The van der Waals surface area contributed by atoms with Crippen molar-refractivity contribution in [2.24, 2.45) is 0 Å². The van der Waals surface area contributed by atoms with Crippen molar-refractivity contribution in [3.63, 3.8) is 0 Å². The Labute approximate surface area is 91.2 Å². The van der Waals surface area contributed by atoms with Crippen LogP contribution in [0, 0.1) is 0 Å². The fourth-order valence-corrected chi connectivity index (χ4v) is 1.62. The monoisotopic (exact) mass is 219 g/mol. The first-order valence-electron chi connectivity index (χ1n) is 4.45. The van der Waals surface area contributed by atoms with Gasteiger partial charge in [0.15, 0.2) is 0 Å². The van der Waals surface area contributed by atoms with Crippen molar-refractivity contribution in [3.8, 4) is 0 Å². The molecule has 0 fully saturated rings. The summed E-state index contributed by atoms with van der Waals surface area (Å²) in [5.74, 6) is -0.0713. The number of nitrogens with one attached hydrogen (secondary N) is 1. The van der Waals surface area contributed by atoms with Gasteiger partial charge in [0.05, 0.1) is 6.42 Å². The van der Waals surface area contributed by atoms with Gasteiger partial charge in [0, 0.05) is 11.5 Å². The summed E-state index contributed by atoms with van der Waals surface area (Å²) < 4.78 is 3.80. The van der Waals surface area contributed by atoms with Gasteiger partial charge in [-0.05, 0) is 5.56 Å². The lowest BCUT2D eigenvalue weighted by atomic mass is 10.1. The average Bonchev–Trinajstić information content (AvgIpc) is 2.71. The summed E-state index contributed by atoms with van der Waals surface area (Å²) >= 11 is 1.17. The van der Waals surface area contributed by atoms with Gasteiger partial charge in [0.1, 0.15) is 6.33 Å². The lowest BCUT2D eigenvalue weighted by molar-refractivity contribution is -0.115. The highest BCUT2D eigenvalue weighted by Crippen LogP contribution is 2.07. The summed E-state index contributed by atoms with van der Waals surface area (Å²) in [6.07, 6.45) is 1.78. The van der Waals surface area contributed by atoms with Crippen LogP contribution in [0.4, 0.5) is 5.13 Å². The van der Waals surface area contributed by atoms with Crippen LogP contribution in [-0.4, -0.2) is 15.3 Å². The number of benzene rings is 1. The van der Waals surface area contributed by atoms with Crippen molar-refractivity contribution in [2.45, 2.75) is 6.42 Å². The van der Waals surface area contributed by atoms with E-state index in [0.717, 1.165) is 5.56 Å². The maximum Gasteiger partial charge on any atom is 0.230 e. The van der Waals surface area contributed by atoms with Gasteiger partial charge in [0.2, 0.25) is 11.0 Å². The minimum Gasteiger partial charge on any atom is -0.300 e. The molecule has 1 aromatic heterocycles. The molecule has 0 radical (unpaired) electrons. The topological polar surface area (TPSA) is 54.9 Å². The predicted molar refractivity (Wildman–Crippen MR) is 58.7 cm³/mol. The number of hydrogen-bond donors (Lipinski definition) is 1. The molecule has 0 saturated heterocycles. The summed E-state index contributed by atoms with van der Waals surface area (Å²) in [6.45, 7) is 0. The van der Waals surface area contributed by atoms with Crippen LogP contribution in [-0.2, 0) is 11.2 Å². The average molecular weight is 219 g/mol. The van der Waals surface area contributed by atoms with E-state index in [1.807, 2.05) is 30.3 Å². The van der Waals surface area contributed by atoms with E-state index in [0.29, 0.717) is 11.6 Å². The van der Waals surface area contributed by atoms with Gasteiger partial charge in [-0.15, -0.1) is 0 Å². The number of anilines is 1. The molecule has 2 rings (SSSR count). The zero-order chi connectivity index (χ0) is 10.5. The minimum absolute atomic E-state index is 0.0713. The normalized spacial score (nSPS) is 9.87. The fourth-order valence-electron chi connectivity index (χ4n) is 1.17. The summed E-state index contributed by atoms with van der Waals surface area (Å²) in [7, 11) is 0. The van der Waals surface area contributed by atoms with Crippen LogP contribution in [0.5, 0.6) is 0 Å². The van der Waals surface area contributed by atoms with E-state index in [2.05, 4.69) is 14.7 Å². The molecular formula is C10H9N3OS. The van der Waals surface area contributed by atoms with Crippen molar-refractivity contribution >= 4 is 22.6 Å². The highest BCUT2D eigenvalue weighted by atomic mass is 32.1. The van der Waals surface area contributed by atoms with Gasteiger partial charge in [-0.2, -0.15) is 4.37 Å². The van der Waals surface area contributed by atoms with E-state index in [4.69, 9.17) is 0 Å². The Morgan fingerprint density at radius 1 is 1.33 bits per heavy atom. The number of nitrogens with zero attached hydrogens (tertiary/aromatic N) is 2. The molecule has 1 amide bonds. The van der Waals surface area contributed by atoms with Gasteiger partial charge < -0.3 is 5.32 Å². The standard InChI is InChI=1S/C10H9N3OS/c14-9(13-10-11-7-12-15-10)6-8-4-2-1-3-5-8/h1-5,7H,6H2,(H,11,12,13,14). The second-order valence-corrected chi connectivity index (χ2v) is 3.74. The van der Waals surface area contributed by atoms with Gasteiger partial charge in [-0.1, -0.05) is 30.3 Å². The quantitative estimate of drug-likeness (QED) is 0.855. The Bertz CT molecular complexity index is 427. The minimum atomic E-state index is -0.0713. The molecule has 0 bridgehead atoms. The Kier molecular flexibility index (Phi) is 3.04. The van der Waals surface area contributed by atoms with Gasteiger partial charge in [-0.3, -0.25) is 4.79 Å². The number of rotatable bonds is 3. The lowest BCUT2D eigenvalue weighted by Gasteiger charge is -2.00. The van der Waals surface area contributed by atoms with Gasteiger partial charge in [-0.25, -0.2) is 4.98 Å². The van der Waals surface area contributed by atoms with E-state index < -0.39 is 0 Å².